The van der Waals surface area contributed by atoms with Crippen LogP contribution in [0.25, 0.3) is 5.76 Å². The Morgan fingerprint density at radius 3 is 2.54 bits per heavy atom. The maximum Gasteiger partial charge on any atom is 0.182 e. The van der Waals surface area contributed by atoms with Gasteiger partial charge in [-0.2, -0.15) is 0 Å². The summed E-state index contributed by atoms with van der Waals surface area (Å²) in [6.45, 7) is 5.64. The molecule has 0 spiro atoms. The third-order valence-electron chi connectivity index (χ3n) is 3.56. The zero-order valence-electron chi connectivity index (χ0n) is 13.4. The van der Waals surface area contributed by atoms with Crippen molar-refractivity contribution in [2.75, 3.05) is 11.5 Å². The van der Waals surface area contributed by atoms with E-state index < -0.39 is 0 Å². The number of aromatic hydroxyl groups is 2. The first-order valence-electron chi connectivity index (χ1n) is 7.43. The first-order chi connectivity index (χ1) is 11.4. The molecule has 2 rings (SSSR count). The Hall–Kier alpha value is -1.79. The molecule has 1 fully saturated rings. The van der Waals surface area contributed by atoms with Crippen molar-refractivity contribution in [3.8, 4) is 11.5 Å². The molecule has 128 valence electrons. The van der Waals surface area contributed by atoms with Crippen molar-refractivity contribution in [3.63, 3.8) is 0 Å². The Morgan fingerprint density at radius 1 is 1.29 bits per heavy atom. The van der Waals surface area contributed by atoms with Gasteiger partial charge in [0.05, 0.1) is 9.64 Å². The van der Waals surface area contributed by atoms with Gasteiger partial charge in [0.2, 0.25) is 0 Å². The van der Waals surface area contributed by atoms with Crippen molar-refractivity contribution in [1.82, 2.24) is 0 Å². The first kappa shape index (κ1) is 18.5. The molecule has 1 aromatic carbocycles. The lowest BCUT2D eigenvalue weighted by molar-refractivity contribution is -0.110. The lowest BCUT2D eigenvalue weighted by atomic mass is 9.99. The molecule has 3 N–H and O–H groups in total. The number of aliphatic hydroxyl groups is 1. The first-order valence-corrected chi connectivity index (χ1v) is 9.40. The molecule has 1 saturated heterocycles. The lowest BCUT2D eigenvalue weighted by Gasteiger charge is -2.15. The van der Waals surface area contributed by atoms with Gasteiger partial charge in [-0.05, 0) is 31.6 Å². The number of phenolic OH excluding ortho intramolecular Hbond substituents is 2. The van der Waals surface area contributed by atoms with Crippen molar-refractivity contribution in [2.45, 2.75) is 17.4 Å². The molecule has 0 bridgehead atoms. The van der Waals surface area contributed by atoms with E-state index in [1.807, 2.05) is 13.0 Å². The number of aliphatic hydroxyl groups excluding tert-OH is 1. The number of carbonyl (C=O) groups is 1. The minimum Gasteiger partial charge on any atom is -0.508 e. The molecule has 1 aromatic rings. The second kappa shape index (κ2) is 7.85. The molecule has 0 radical (unpaired) electrons. The van der Waals surface area contributed by atoms with Crippen LogP contribution in [0.3, 0.4) is 0 Å². The minimum absolute atomic E-state index is 0.0486. The monoisotopic (exact) mass is 364 g/mol. The number of carbonyl (C=O) groups excluding carboxylic acids is 1. The molecule has 0 unspecified atom stereocenters. The molecule has 0 aromatic heterocycles. The number of hydrogen-bond donors (Lipinski definition) is 3. The summed E-state index contributed by atoms with van der Waals surface area (Å²) >= 11 is 3.54. The zero-order chi connectivity index (χ0) is 17.7. The summed E-state index contributed by atoms with van der Waals surface area (Å²) in [5.74, 6) is 1.05. The molecule has 0 atom stereocenters. The number of allylic oxidation sites excluding steroid dienone is 3. The van der Waals surface area contributed by atoms with Gasteiger partial charge in [0.25, 0.3) is 0 Å². The number of thioether (sulfide) groups is 2. The van der Waals surface area contributed by atoms with E-state index in [-0.39, 0.29) is 39.1 Å². The quantitative estimate of drug-likeness (QED) is 0.306. The lowest BCUT2D eigenvalue weighted by Crippen LogP contribution is -2.06. The van der Waals surface area contributed by atoms with Gasteiger partial charge in [0, 0.05) is 23.1 Å². The molecule has 0 amide bonds. The van der Waals surface area contributed by atoms with E-state index in [0.29, 0.717) is 5.56 Å². The number of benzene rings is 1. The summed E-state index contributed by atoms with van der Waals surface area (Å²) in [4.78, 5) is 12.1. The molecule has 4 nitrogen and oxygen atoms in total. The highest BCUT2D eigenvalue weighted by Gasteiger charge is 2.27. The summed E-state index contributed by atoms with van der Waals surface area (Å²) < 4.78 is -0.125. The van der Waals surface area contributed by atoms with Gasteiger partial charge in [-0.15, -0.1) is 30.1 Å². The van der Waals surface area contributed by atoms with Crippen LogP contribution in [-0.4, -0.2) is 36.7 Å². The van der Waals surface area contributed by atoms with E-state index in [1.54, 1.807) is 29.6 Å². The average molecular weight is 364 g/mol. The largest absolute Gasteiger partial charge is 0.508 e. The fourth-order valence-corrected chi connectivity index (χ4v) is 5.02. The fourth-order valence-electron chi connectivity index (χ4n) is 2.38. The molecule has 6 heteroatoms. The second-order valence-electron chi connectivity index (χ2n) is 5.43. The summed E-state index contributed by atoms with van der Waals surface area (Å²) in [5, 5.41) is 30.1. The Kier molecular flexibility index (Phi) is 6.07. The topological polar surface area (TPSA) is 77.8 Å². The number of ketones is 1. The van der Waals surface area contributed by atoms with Gasteiger partial charge < -0.3 is 15.3 Å². The fraction of sp³-hybridized carbons (Fsp3) is 0.278. The van der Waals surface area contributed by atoms with E-state index in [4.69, 9.17) is 0 Å². The van der Waals surface area contributed by atoms with Crippen LogP contribution < -0.4 is 0 Å². The number of phenols is 2. The number of rotatable bonds is 6. The van der Waals surface area contributed by atoms with Crippen molar-refractivity contribution < 1.29 is 20.1 Å². The van der Waals surface area contributed by atoms with E-state index in [1.165, 1.54) is 18.2 Å². The molecular weight excluding hydrogens is 344 g/mol. The van der Waals surface area contributed by atoms with Gasteiger partial charge >= 0.3 is 0 Å². The molecule has 0 aliphatic carbocycles. The zero-order valence-corrected chi connectivity index (χ0v) is 15.0. The van der Waals surface area contributed by atoms with E-state index in [0.717, 1.165) is 17.6 Å². The maximum atomic E-state index is 12.1. The summed E-state index contributed by atoms with van der Waals surface area (Å²) in [6, 6.07) is 2.61. The van der Waals surface area contributed by atoms with Gasteiger partial charge in [0.1, 0.15) is 17.3 Å². The summed E-state index contributed by atoms with van der Waals surface area (Å²) in [6.07, 6.45) is 6.10. The van der Waals surface area contributed by atoms with Crippen LogP contribution in [0.1, 0.15) is 18.1 Å². The maximum absolute atomic E-state index is 12.1. The van der Waals surface area contributed by atoms with Crippen LogP contribution in [0.4, 0.5) is 0 Å². The Labute approximate surface area is 150 Å². The van der Waals surface area contributed by atoms with Crippen LogP contribution >= 0.6 is 23.5 Å². The van der Waals surface area contributed by atoms with Crippen LogP contribution in [0.5, 0.6) is 11.5 Å². The van der Waals surface area contributed by atoms with Gasteiger partial charge in [0.15, 0.2) is 5.78 Å². The highest BCUT2D eigenvalue weighted by molar-refractivity contribution is 8.21. The average Bonchev–Trinajstić information content (AvgIpc) is 2.96. The van der Waals surface area contributed by atoms with Crippen LogP contribution in [0, 0.1) is 0 Å². The predicted molar refractivity (Wildman–Crippen MR) is 102 cm³/mol. The normalized spacial score (nSPS) is 17.3. The smallest absolute Gasteiger partial charge is 0.182 e. The molecule has 0 saturated carbocycles. The van der Waals surface area contributed by atoms with Gasteiger partial charge in [-0.3, -0.25) is 4.79 Å². The third kappa shape index (κ3) is 4.39. The van der Waals surface area contributed by atoms with Crippen molar-refractivity contribution in [2.24, 2.45) is 0 Å². The molecule has 24 heavy (non-hydrogen) atoms. The van der Waals surface area contributed by atoms with Crippen LogP contribution in [-0.2, 0) is 11.2 Å². The molecular formula is C18H20O4S2. The summed E-state index contributed by atoms with van der Waals surface area (Å²) in [7, 11) is 0. The third-order valence-corrected chi connectivity index (χ3v) is 6.76. The van der Waals surface area contributed by atoms with E-state index in [2.05, 4.69) is 6.58 Å². The van der Waals surface area contributed by atoms with Crippen LogP contribution in [0.2, 0.25) is 0 Å². The highest BCUT2D eigenvalue weighted by atomic mass is 32.2. The second-order valence-corrected chi connectivity index (χ2v) is 8.78. The van der Waals surface area contributed by atoms with Gasteiger partial charge in [-0.1, -0.05) is 12.2 Å². The molecule has 1 aliphatic rings. The number of hydrogen-bond acceptors (Lipinski definition) is 6. The van der Waals surface area contributed by atoms with Crippen molar-refractivity contribution >= 4 is 35.1 Å². The van der Waals surface area contributed by atoms with Crippen LogP contribution in [0.15, 0.2) is 43.0 Å². The van der Waals surface area contributed by atoms with Crippen molar-refractivity contribution in [3.05, 3.63) is 54.1 Å². The SMILES string of the molecule is C=CCc1c(O)ccc(O)c1/C(O)=C/C(=O)/C=C/C1(C)SCCS1. The van der Waals surface area contributed by atoms with E-state index in [9.17, 15) is 20.1 Å². The molecule has 1 aliphatic heterocycles. The van der Waals surface area contributed by atoms with Crippen molar-refractivity contribution in [1.29, 1.82) is 0 Å². The highest BCUT2D eigenvalue weighted by Crippen LogP contribution is 2.44. The Morgan fingerprint density at radius 2 is 1.92 bits per heavy atom. The standard InChI is InChI=1S/C18H20O4S2/c1-3-4-13-14(20)5-6-15(21)17(13)16(22)11-12(19)7-8-18(2)23-9-10-24-18/h3,5-8,11,20-22H,1,4,9-10H2,2H3/b8-7+,16-11-. The minimum atomic E-state index is -0.383. The van der Waals surface area contributed by atoms with E-state index >= 15 is 0 Å². The summed E-state index contributed by atoms with van der Waals surface area (Å²) in [5.41, 5.74) is 0.372. The van der Waals surface area contributed by atoms with Gasteiger partial charge in [-0.25, -0.2) is 0 Å². The Bertz CT molecular complexity index is 701. The predicted octanol–water partition coefficient (Wildman–Crippen LogP) is 4.05. The molecule has 1 heterocycles. The Balaban J connectivity index is 2.27.